The summed E-state index contributed by atoms with van der Waals surface area (Å²) in [5, 5.41) is 6.15. The first kappa shape index (κ1) is 11.7. The van der Waals surface area contributed by atoms with Gasteiger partial charge >= 0.3 is 0 Å². The summed E-state index contributed by atoms with van der Waals surface area (Å²) in [5.41, 5.74) is 0.929. The van der Waals surface area contributed by atoms with Gasteiger partial charge < -0.3 is 4.74 Å². The van der Waals surface area contributed by atoms with Crippen LogP contribution in [0.15, 0.2) is 12.4 Å². The molecule has 0 bridgehead atoms. The van der Waals surface area contributed by atoms with E-state index >= 15 is 0 Å². The normalized spacial score (nSPS) is 20.9. The fraction of sp³-hybridized carbons (Fsp3) is 0.455. The van der Waals surface area contributed by atoms with Gasteiger partial charge in [-0.25, -0.2) is 4.68 Å². The van der Waals surface area contributed by atoms with Gasteiger partial charge in [-0.05, 0) is 41.9 Å². The van der Waals surface area contributed by atoms with Crippen LogP contribution in [-0.4, -0.2) is 21.4 Å². The zero-order valence-corrected chi connectivity index (χ0v) is 12.0. The number of hydrogen-bond donors (Lipinski definition) is 0. The molecule has 0 saturated carbocycles. The topological polar surface area (TPSA) is 39.9 Å². The minimum Gasteiger partial charge on any atom is -0.356 e. The molecule has 2 aromatic heterocycles. The van der Waals surface area contributed by atoms with Gasteiger partial charge in [0.1, 0.15) is 3.70 Å². The fourth-order valence-electron chi connectivity index (χ4n) is 2.14. The highest BCUT2D eigenvalue weighted by atomic mass is 127. The fourth-order valence-corrected chi connectivity index (χ4v) is 3.01. The molecule has 4 nitrogen and oxygen atoms in total. The van der Waals surface area contributed by atoms with Gasteiger partial charge in [0.15, 0.2) is 6.23 Å². The molecule has 17 heavy (non-hydrogen) atoms. The van der Waals surface area contributed by atoms with Crippen molar-refractivity contribution in [3.8, 4) is 0 Å². The highest BCUT2D eigenvalue weighted by molar-refractivity contribution is 14.1. The molecule has 1 unspecified atom stereocenters. The number of nitrogens with zero attached hydrogens (tertiary/aromatic N) is 3. The Hall–Kier alpha value is -0.400. The van der Waals surface area contributed by atoms with E-state index in [0.29, 0.717) is 5.02 Å². The third kappa shape index (κ3) is 2.04. The highest BCUT2D eigenvalue weighted by Gasteiger charge is 2.21. The molecule has 0 aliphatic carbocycles. The van der Waals surface area contributed by atoms with Crippen LogP contribution in [0.1, 0.15) is 25.5 Å². The highest BCUT2D eigenvalue weighted by Crippen LogP contribution is 2.31. The van der Waals surface area contributed by atoms with Crippen LogP contribution in [-0.2, 0) is 4.74 Å². The van der Waals surface area contributed by atoms with E-state index in [1.165, 1.54) is 6.42 Å². The molecule has 0 spiro atoms. The monoisotopic (exact) mass is 363 g/mol. The Morgan fingerprint density at radius 1 is 1.41 bits per heavy atom. The number of halogens is 2. The summed E-state index contributed by atoms with van der Waals surface area (Å²) in [6.45, 7) is 0.797. The summed E-state index contributed by atoms with van der Waals surface area (Å²) in [7, 11) is 0. The molecule has 6 heteroatoms. The summed E-state index contributed by atoms with van der Waals surface area (Å²) >= 11 is 8.42. The van der Waals surface area contributed by atoms with Crippen LogP contribution in [0.5, 0.6) is 0 Å². The Morgan fingerprint density at radius 3 is 3.06 bits per heavy atom. The second-order valence-corrected chi connectivity index (χ2v) is 5.50. The van der Waals surface area contributed by atoms with Crippen molar-refractivity contribution in [1.82, 2.24) is 14.8 Å². The lowest BCUT2D eigenvalue weighted by molar-refractivity contribution is -0.0368. The molecule has 2 aromatic rings. The summed E-state index contributed by atoms with van der Waals surface area (Å²) in [5.74, 6) is 0. The molecular weight excluding hydrogens is 352 g/mol. The van der Waals surface area contributed by atoms with Crippen LogP contribution in [0.25, 0.3) is 10.9 Å². The SMILES string of the molecule is Clc1cncc2c(I)nn(C3CCCCO3)c12. The number of hydrogen-bond acceptors (Lipinski definition) is 3. The summed E-state index contributed by atoms with van der Waals surface area (Å²) in [4.78, 5) is 4.10. The Morgan fingerprint density at radius 2 is 2.29 bits per heavy atom. The first-order valence-electron chi connectivity index (χ1n) is 5.56. The number of aromatic nitrogens is 3. The standard InChI is InChI=1S/C11H11ClIN3O/c12-8-6-14-5-7-10(8)16(15-11(7)13)9-3-1-2-4-17-9/h5-6,9H,1-4H2. The lowest BCUT2D eigenvalue weighted by Crippen LogP contribution is -2.19. The lowest BCUT2D eigenvalue weighted by atomic mass is 10.2. The molecule has 1 aliphatic rings. The largest absolute Gasteiger partial charge is 0.356 e. The van der Waals surface area contributed by atoms with Crippen LogP contribution in [0.4, 0.5) is 0 Å². The van der Waals surface area contributed by atoms with Crippen molar-refractivity contribution in [3.63, 3.8) is 0 Å². The Kier molecular flexibility index (Phi) is 3.23. The average molecular weight is 364 g/mol. The third-order valence-corrected chi connectivity index (χ3v) is 4.02. The van der Waals surface area contributed by atoms with Crippen molar-refractivity contribution >= 4 is 45.1 Å². The van der Waals surface area contributed by atoms with Crippen LogP contribution in [0, 0.1) is 3.70 Å². The first-order valence-corrected chi connectivity index (χ1v) is 7.02. The number of rotatable bonds is 1. The molecule has 0 radical (unpaired) electrons. The maximum Gasteiger partial charge on any atom is 0.150 e. The average Bonchev–Trinajstić information content (AvgIpc) is 2.70. The Labute approximate surface area is 117 Å². The number of ether oxygens (including phenoxy) is 1. The molecule has 1 fully saturated rings. The van der Waals surface area contributed by atoms with E-state index in [1.807, 2.05) is 4.68 Å². The minimum absolute atomic E-state index is 0.00895. The smallest absolute Gasteiger partial charge is 0.150 e. The minimum atomic E-state index is 0.00895. The molecule has 0 amide bonds. The van der Waals surface area contributed by atoms with Crippen molar-refractivity contribution in [2.24, 2.45) is 0 Å². The second-order valence-electron chi connectivity index (χ2n) is 4.07. The quantitative estimate of drug-likeness (QED) is 0.729. The maximum absolute atomic E-state index is 6.21. The molecule has 3 heterocycles. The molecule has 0 aromatic carbocycles. The maximum atomic E-state index is 6.21. The Balaban J connectivity index is 2.15. The molecule has 1 atom stereocenters. The number of fused-ring (bicyclic) bond motifs is 1. The predicted molar refractivity (Wildman–Crippen MR) is 74.1 cm³/mol. The van der Waals surface area contributed by atoms with Crippen molar-refractivity contribution in [2.45, 2.75) is 25.5 Å². The third-order valence-electron chi connectivity index (χ3n) is 2.95. The predicted octanol–water partition coefficient (Wildman–Crippen LogP) is 3.39. The van der Waals surface area contributed by atoms with E-state index in [-0.39, 0.29) is 6.23 Å². The van der Waals surface area contributed by atoms with E-state index in [2.05, 4.69) is 32.7 Å². The molecular formula is C11H11ClIN3O. The van der Waals surface area contributed by atoms with Gasteiger partial charge in [0.05, 0.1) is 15.9 Å². The Bertz CT molecular complexity index is 551. The van der Waals surface area contributed by atoms with Crippen LogP contribution < -0.4 is 0 Å². The molecule has 3 rings (SSSR count). The van der Waals surface area contributed by atoms with Crippen LogP contribution in [0.3, 0.4) is 0 Å². The summed E-state index contributed by atoms with van der Waals surface area (Å²) < 4.78 is 8.58. The molecule has 1 aliphatic heterocycles. The number of pyridine rings is 1. The summed E-state index contributed by atoms with van der Waals surface area (Å²) in [6.07, 6.45) is 6.75. The van der Waals surface area contributed by atoms with Gasteiger partial charge in [0.25, 0.3) is 0 Å². The van der Waals surface area contributed by atoms with E-state index < -0.39 is 0 Å². The summed E-state index contributed by atoms with van der Waals surface area (Å²) in [6, 6.07) is 0. The van der Waals surface area contributed by atoms with E-state index in [4.69, 9.17) is 16.3 Å². The van der Waals surface area contributed by atoms with Crippen molar-refractivity contribution in [2.75, 3.05) is 6.61 Å². The molecule has 0 N–H and O–H groups in total. The van der Waals surface area contributed by atoms with Crippen molar-refractivity contribution in [1.29, 1.82) is 0 Å². The van der Waals surface area contributed by atoms with Crippen LogP contribution in [0.2, 0.25) is 5.02 Å². The first-order chi connectivity index (χ1) is 8.27. The van der Waals surface area contributed by atoms with Crippen molar-refractivity contribution < 1.29 is 4.74 Å². The molecule has 1 saturated heterocycles. The van der Waals surface area contributed by atoms with Gasteiger partial charge in [-0.3, -0.25) is 4.98 Å². The van der Waals surface area contributed by atoms with Gasteiger partial charge in [0.2, 0.25) is 0 Å². The van der Waals surface area contributed by atoms with Gasteiger partial charge in [-0.15, -0.1) is 0 Å². The molecule has 90 valence electrons. The van der Waals surface area contributed by atoms with E-state index in [0.717, 1.165) is 34.1 Å². The lowest BCUT2D eigenvalue weighted by Gasteiger charge is -2.23. The van der Waals surface area contributed by atoms with Gasteiger partial charge in [0, 0.05) is 19.0 Å². The van der Waals surface area contributed by atoms with Gasteiger partial charge in [-0.2, -0.15) is 5.10 Å². The van der Waals surface area contributed by atoms with E-state index in [9.17, 15) is 0 Å². The van der Waals surface area contributed by atoms with E-state index in [1.54, 1.807) is 12.4 Å². The van der Waals surface area contributed by atoms with Crippen LogP contribution >= 0.6 is 34.2 Å². The van der Waals surface area contributed by atoms with Gasteiger partial charge in [-0.1, -0.05) is 11.6 Å². The van der Waals surface area contributed by atoms with Crippen molar-refractivity contribution in [3.05, 3.63) is 21.1 Å². The second kappa shape index (κ2) is 4.70. The zero-order valence-electron chi connectivity index (χ0n) is 9.07. The zero-order chi connectivity index (χ0) is 11.8.